The quantitative estimate of drug-likeness (QED) is 0.493. The predicted molar refractivity (Wildman–Crippen MR) is 94.8 cm³/mol. The lowest BCUT2D eigenvalue weighted by Gasteiger charge is -2.27. The predicted octanol–water partition coefficient (Wildman–Crippen LogP) is 7.19. The van der Waals surface area contributed by atoms with Crippen LogP contribution in [0.15, 0.2) is 30.1 Å². The Labute approximate surface area is 144 Å². The van der Waals surface area contributed by atoms with Crippen molar-refractivity contribution in [2.24, 2.45) is 11.8 Å². The van der Waals surface area contributed by atoms with Gasteiger partial charge in [0.15, 0.2) is 5.83 Å². The second kappa shape index (κ2) is 9.29. The average molecular weight is 338 g/mol. The van der Waals surface area contributed by atoms with Crippen LogP contribution in [0.1, 0.15) is 69.9 Å². The van der Waals surface area contributed by atoms with Gasteiger partial charge in [0, 0.05) is 17.9 Å². The highest BCUT2D eigenvalue weighted by Gasteiger charge is 2.26. The van der Waals surface area contributed by atoms with Gasteiger partial charge in [-0.2, -0.15) is 0 Å². The summed E-state index contributed by atoms with van der Waals surface area (Å²) >= 11 is 0. The molecule has 3 heteroatoms. The third-order valence-electron chi connectivity index (χ3n) is 5.22. The maximum absolute atomic E-state index is 14.5. The van der Waals surface area contributed by atoms with Gasteiger partial charge in [-0.15, -0.1) is 0 Å². The summed E-state index contributed by atoms with van der Waals surface area (Å²) in [6.45, 7) is 3.97. The Bertz CT molecular complexity index is 525. The number of alkyl halides is 1. The van der Waals surface area contributed by atoms with Crippen LogP contribution >= 0.6 is 0 Å². The topological polar surface area (TPSA) is 0 Å². The Morgan fingerprint density at radius 2 is 1.67 bits per heavy atom. The summed E-state index contributed by atoms with van der Waals surface area (Å²) in [6.07, 6.45) is 5.72. The van der Waals surface area contributed by atoms with E-state index in [9.17, 15) is 13.2 Å². The second-order valence-electron chi connectivity index (χ2n) is 7.07. The van der Waals surface area contributed by atoms with Gasteiger partial charge in [0.05, 0.1) is 0 Å². The molecule has 1 fully saturated rings. The van der Waals surface area contributed by atoms with Crippen LogP contribution in [0.3, 0.4) is 0 Å². The lowest BCUT2D eigenvalue weighted by atomic mass is 9.79. The van der Waals surface area contributed by atoms with Crippen molar-refractivity contribution in [3.05, 3.63) is 41.2 Å². The zero-order valence-electron chi connectivity index (χ0n) is 14.8. The summed E-state index contributed by atoms with van der Waals surface area (Å²) in [4.78, 5) is 0. The average Bonchev–Trinajstić information content (AvgIpc) is 2.62. The van der Waals surface area contributed by atoms with Gasteiger partial charge in [0.25, 0.3) is 0 Å². The number of rotatable bonds is 7. The summed E-state index contributed by atoms with van der Waals surface area (Å²) in [6, 6.07) is 6.52. The molecule has 0 radical (unpaired) electrons. The van der Waals surface area contributed by atoms with Crippen LogP contribution in [0, 0.1) is 11.8 Å². The molecule has 0 aromatic heterocycles. The monoisotopic (exact) mass is 338 g/mol. The van der Waals surface area contributed by atoms with E-state index in [2.05, 4.69) is 6.92 Å². The van der Waals surface area contributed by atoms with Gasteiger partial charge in [-0.25, -0.2) is 13.2 Å². The van der Waals surface area contributed by atoms with Crippen LogP contribution in [-0.4, -0.2) is 6.17 Å². The van der Waals surface area contributed by atoms with Crippen LogP contribution in [0.2, 0.25) is 0 Å². The van der Waals surface area contributed by atoms with Gasteiger partial charge in [0.2, 0.25) is 0 Å². The van der Waals surface area contributed by atoms with Crippen LogP contribution in [0.25, 0.3) is 5.83 Å². The van der Waals surface area contributed by atoms with Crippen molar-refractivity contribution in [1.29, 1.82) is 0 Å². The first-order chi connectivity index (χ1) is 11.5. The highest BCUT2D eigenvalue weighted by Crippen LogP contribution is 2.39. The number of benzene rings is 1. The third-order valence-corrected chi connectivity index (χ3v) is 5.22. The van der Waals surface area contributed by atoms with E-state index in [1.54, 1.807) is 31.2 Å². The standard InChI is InChI=1S/C21H29F3/c1-3-5-15-6-10-17(11-7-15)20(23)21(24)18-12-8-16(9-13-18)14-19(22)4-2/h8-9,12-13,15,17,19H,3-7,10-11,14H2,1-2H3/b21-20+. The first-order valence-electron chi connectivity index (χ1n) is 9.33. The molecule has 0 aliphatic heterocycles. The molecule has 1 atom stereocenters. The molecule has 1 aliphatic carbocycles. The SMILES string of the molecule is CCCC1CCC(/C(F)=C(\F)c2ccc(CC(F)CC)cc2)CC1. The van der Waals surface area contributed by atoms with Gasteiger partial charge in [0.1, 0.15) is 12.0 Å². The van der Waals surface area contributed by atoms with E-state index >= 15 is 0 Å². The molecular formula is C21H29F3. The molecule has 0 heterocycles. The molecule has 1 aromatic carbocycles. The van der Waals surface area contributed by atoms with Crippen molar-refractivity contribution in [1.82, 2.24) is 0 Å². The van der Waals surface area contributed by atoms with Crippen molar-refractivity contribution in [3.63, 3.8) is 0 Å². The third kappa shape index (κ3) is 5.12. The first-order valence-corrected chi connectivity index (χ1v) is 9.33. The van der Waals surface area contributed by atoms with E-state index in [1.807, 2.05) is 0 Å². The number of hydrogen-bond acceptors (Lipinski definition) is 0. The van der Waals surface area contributed by atoms with E-state index in [0.29, 0.717) is 18.8 Å². The summed E-state index contributed by atoms with van der Waals surface area (Å²) in [7, 11) is 0. The minimum Gasteiger partial charge on any atom is -0.247 e. The molecule has 0 N–H and O–H groups in total. The molecule has 0 nitrogen and oxygen atoms in total. The molecule has 0 spiro atoms. The Kier molecular flexibility index (Phi) is 7.39. The van der Waals surface area contributed by atoms with Crippen LogP contribution in [0.4, 0.5) is 13.2 Å². The lowest BCUT2D eigenvalue weighted by Crippen LogP contribution is -2.15. The van der Waals surface area contributed by atoms with Crippen molar-refractivity contribution >= 4 is 5.83 Å². The Hall–Kier alpha value is -1.25. The molecule has 2 rings (SSSR count). The second-order valence-corrected chi connectivity index (χ2v) is 7.07. The van der Waals surface area contributed by atoms with E-state index in [1.165, 1.54) is 6.42 Å². The van der Waals surface area contributed by atoms with Crippen molar-refractivity contribution in [2.75, 3.05) is 0 Å². The number of hydrogen-bond donors (Lipinski definition) is 0. The summed E-state index contributed by atoms with van der Waals surface area (Å²) in [5, 5.41) is 0. The van der Waals surface area contributed by atoms with Crippen LogP contribution < -0.4 is 0 Å². The Morgan fingerprint density at radius 1 is 1.04 bits per heavy atom. The molecular weight excluding hydrogens is 309 g/mol. The molecule has 1 aliphatic rings. The lowest BCUT2D eigenvalue weighted by molar-refractivity contribution is 0.261. The van der Waals surface area contributed by atoms with Gasteiger partial charge >= 0.3 is 0 Å². The normalized spacial score (nSPS) is 23.7. The number of halogens is 3. The fraction of sp³-hybridized carbons (Fsp3) is 0.619. The fourth-order valence-corrected chi connectivity index (χ4v) is 3.62. The maximum Gasteiger partial charge on any atom is 0.162 e. The van der Waals surface area contributed by atoms with Gasteiger partial charge in [-0.3, -0.25) is 0 Å². The Morgan fingerprint density at radius 3 is 2.21 bits per heavy atom. The molecule has 1 aromatic rings. The zero-order chi connectivity index (χ0) is 17.5. The highest BCUT2D eigenvalue weighted by atomic mass is 19.2. The van der Waals surface area contributed by atoms with Gasteiger partial charge < -0.3 is 0 Å². The molecule has 1 unspecified atom stereocenters. The van der Waals surface area contributed by atoms with E-state index in [-0.39, 0.29) is 11.5 Å². The first kappa shape index (κ1) is 19.1. The van der Waals surface area contributed by atoms with Crippen molar-refractivity contribution in [2.45, 2.75) is 71.4 Å². The smallest absolute Gasteiger partial charge is 0.162 e. The molecule has 134 valence electrons. The molecule has 24 heavy (non-hydrogen) atoms. The zero-order valence-corrected chi connectivity index (χ0v) is 14.8. The fourth-order valence-electron chi connectivity index (χ4n) is 3.62. The largest absolute Gasteiger partial charge is 0.247 e. The summed E-state index contributed by atoms with van der Waals surface area (Å²) in [5.74, 6) is -0.955. The molecule has 0 bridgehead atoms. The van der Waals surface area contributed by atoms with Crippen molar-refractivity contribution < 1.29 is 13.2 Å². The highest BCUT2D eigenvalue weighted by molar-refractivity contribution is 5.61. The molecule has 0 amide bonds. The van der Waals surface area contributed by atoms with Gasteiger partial charge in [-0.1, -0.05) is 51.0 Å². The van der Waals surface area contributed by atoms with Crippen molar-refractivity contribution in [3.8, 4) is 0 Å². The van der Waals surface area contributed by atoms with E-state index < -0.39 is 17.8 Å². The molecule has 1 saturated carbocycles. The van der Waals surface area contributed by atoms with Gasteiger partial charge in [-0.05, 0) is 43.6 Å². The number of allylic oxidation sites excluding steroid dienone is 1. The maximum atomic E-state index is 14.5. The Balaban J connectivity index is 2.01. The minimum atomic E-state index is -0.883. The minimum absolute atomic E-state index is 0.263. The van der Waals surface area contributed by atoms with Crippen LogP contribution in [-0.2, 0) is 6.42 Å². The van der Waals surface area contributed by atoms with E-state index in [4.69, 9.17) is 0 Å². The summed E-state index contributed by atoms with van der Waals surface area (Å²) < 4.78 is 42.3. The van der Waals surface area contributed by atoms with Crippen LogP contribution in [0.5, 0.6) is 0 Å². The van der Waals surface area contributed by atoms with E-state index in [0.717, 1.165) is 37.7 Å². The molecule has 0 saturated heterocycles. The summed E-state index contributed by atoms with van der Waals surface area (Å²) in [5.41, 5.74) is 1.08.